The van der Waals surface area contributed by atoms with Gasteiger partial charge in [0.25, 0.3) is 0 Å². The van der Waals surface area contributed by atoms with Crippen molar-refractivity contribution in [2.75, 3.05) is 6.61 Å². The van der Waals surface area contributed by atoms with E-state index in [9.17, 15) is 5.11 Å². The van der Waals surface area contributed by atoms with Gasteiger partial charge in [0, 0.05) is 18.7 Å². The molecule has 16 heavy (non-hydrogen) atoms. The van der Waals surface area contributed by atoms with Crippen LogP contribution in [0.3, 0.4) is 0 Å². The summed E-state index contributed by atoms with van der Waals surface area (Å²) in [6.07, 6.45) is 10.8. The van der Waals surface area contributed by atoms with Crippen LogP contribution in [0.5, 0.6) is 0 Å². The Morgan fingerprint density at radius 1 is 1.12 bits per heavy atom. The van der Waals surface area contributed by atoms with Gasteiger partial charge in [-0.2, -0.15) is 0 Å². The number of nitrogens with one attached hydrogen (secondary N) is 1. The average Bonchev–Trinajstić information content (AvgIpc) is 2.24. The molecule has 0 aromatic heterocycles. The molecule has 0 bridgehead atoms. The molecule has 2 nitrogen and oxygen atoms in total. The van der Waals surface area contributed by atoms with Crippen molar-refractivity contribution in [3.8, 4) is 0 Å². The summed E-state index contributed by atoms with van der Waals surface area (Å²) >= 11 is 0. The van der Waals surface area contributed by atoms with E-state index in [1.807, 2.05) is 0 Å². The highest BCUT2D eigenvalue weighted by atomic mass is 16.3. The van der Waals surface area contributed by atoms with E-state index in [1.54, 1.807) is 0 Å². The highest BCUT2D eigenvalue weighted by Gasteiger charge is 2.27. The zero-order valence-electron chi connectivity index (χ0n) is 10.6. The lowest BCUT2D eigenvalue weighted by atomic mass is 9.80. The molecule has 2 aliphatic carbocycles. The second-order valence-corrected chi connectivity index (χ2v) is 5.93. The number of aliphatic hydroxyl groups is 1. The molecule has 0 heterocycles. The number of hydrogen-bond donors (Lipinski definition) is 2. The molecule has 3 atom stereocenters. The summed E-state index contributed by atoms with van der Waals surface area (Å²) in [6.45, 7) is 2.69. The molecule has 3 unspecified atom stereocenters. The van der Waals surface area contributed by atoms with E-state index < -0.39 is 0 Å². The maximum atomic E-state index is 9.37. The van der Waals surface area contributed by atoms with Gasteiger partial charge in [0.2, 0.25) is 0 Å². The van der Waals surface area contributed by atoms with Crippen LogP contribution in [0, 0.1) is 11.8 Å². The lowest BCUT2D eigenvalue weighted by Crippen LogP contribution is -2.45. The zero-order valence-corrected chi connectivity index (χ0v) is 10.6. The first-order valence-corrected chi connectivity index (χ1v) is 7.16. The van der Waals surface area contributed by atoms with Crippen molar-refractivity contribution in [3.05, 3.63) is 0 Å². The maximum absolute atomic E-state index is 9.37. The van der Waals surface area contributed by atoms with Crippen molar-refractivity contribution in [1.29, 1.82) is 0 Å². The zero-order chi connectivity index (χ0) is 11.4. The van der Waals surface area contributed by atoms with Crippen molar-refractivity contribution in [1.82, 2.24) is 5.32 Å². The first kappa shape index (κ1) is 12.4. The maximum Gasteiger partial charge on any atom is 0.0474 e. The Hall–Kier alpha value is -0.0800. The van der Waals surface area contributed by atoms with E-state index in [0.29, 0.717) is 24.6 Å². The van der Waals surface area contributed by atoms with Gasteiger partial charge in [0.15, 0.2) is 0 Å². The summed E-state index contributed by atoms with van der Waals surface area (Å²) in [5.74, 6) is 1.50. The van der Waals surface area contributed by atoms with Crippen LogP contribution in [-0.2, 0) is 0 Å². The smallest absolute Gasteiger partial charge is 0.0474 e. The standard InChI is InChI=1S/C14H27NO/c1-11(9-12-5-4-6-12)15-14-8-3-2-7-13(14)10-16/h11-16H,2-10H2,1H3. The van der Waals surface area contributed by atoms with Gasteiger partial charge in [-0.05, 0) is 38.0 Å². The van der Waals surface area contributed by atoms with Crippen LogP contribution >= 0.6 is 0 Å². The van der Waals surface area contributed by atoms with Gasteiger partial charge >= 0.3 is 0 Å². The molecule has 0 amide bonds. The van der Waals surface area contributed by atoms with Crippen LogP contribution in [0.2, 0.25) is 0 Å². The minimum Gasteiger partial charge on any atom is -0.396 e. The molecule has 2 rings (SSSR count). The van der Waals surface area contributed by atoms with Crippen molar-refractivity contribution in [2.45, 2.75) is 70.4 Å². The Morgan fingerprint density at radius 2 is 1.88 bits per heavy atom. The minimum atomic E-state index is 0.369. The summed E-state index contributed by atoms with van der Waals surface area (Å²) in [4.78, 5) is 0. The Balaban J connectivity index is 1.72. The quantitative estimate of drug-likeness (QED) is 0.754. The third-order valence-corrected chi connectivity index (χ3v) is 4.55. The molecule has 94 valence electrons. The fraction of sp³-hybridized carbons (Fsp3) is 1.00. The van der Waals surface area contributed by atoms with Crippen LogP contribution in [-0.4, -0.2) is 23.8 Å². The highest BCUT2D eigenvalue weighted by Crippen LogP contribution is 2.31. The summed E-state index contributed by atoms with van der Waals surface area (Å²) in [5.41, 5.74) is 0. The SMILES string of the molecule is CC(CC1CCC1)NC1CCCCC1CO. The van der Waals surface area contributed by atoms with E-state index in [4.69, 9.17) is 0 Å². The molecule has 0 saturated heterocycles. The molecule has 2 saturated carbocycles. The Kier molecular flexibility index (Phi) is 4.66. The lowest BCUT2D eigenvalue weighted by Gasteiger charge is -2.35. The van der Waals surface area contributed by atoms with Crippen LogP contribution in [0.4, 0.5) is 0 Å². The predicted molar refractivity (Wildman–Crippen MR) is 67.4 cm³/mol. The molecule has 2 N–H and O–H groups in total. The Bertz CT molecular complexity index is 203. The van der Waals surface area contributed by atoms with Crippen LogP contribution in [0.1, 0.15) is 58.3 Å². The van der Waals surface area contributed by atoms with E-state index in [1.165, 1.54) is 51.4 Å². The number of rotatable bonds is 5. The van der Waals surface area contributed by atoms with E-state index in [0.717, 1.165) is 5.92 Å². The van der Waals surface area contributed by atoms with Crippen LogP contribution in [0.25, 0.3) is 0 Å². The molecule has 2 heteroatoms. The van der Waals surface area contributed by atoms with Crippen LogP contribution < -0.4 is 5.32 Å². The topological polar surface area (TPSA) is 32.3 Å². The number of aliphatic hydroxyl groups excluding tert-OH is 1. The van der Waals surface area contributed by atoms with E-state index in [-0.39, 0.29) is 0 Å². The highest BCUT2D eigenvalue weighted by molar-refractivity contribution is 4.84. The third-order valence-electron chi connectivity index (χ3n) is 4.55. The van der Waals surface area contributed by atoms with Gasteiger partial charge in [-0.1, -0.05) is 32.1 Å². The second kappa shape index (κ2) is 6.02. The van der Waals surface area contributed by atoms with Gasteiger partial charge in [0.1, 0.15) is 0 Å². The Labute approximate surface area is 99.8 Å². The monoisotopic (exact) mass is 225 g/mol. The molecule has 0 aromatic rings. The number of hydrogen-bond acceptors (Lipinski definition) is 2. The van der Waals surface area contributed by atoms with Crippen LogP contribution in [0.15, 0.2) is 0 Å². The van der Waals surface area contributed by atoms with Crippen molar-refractivity contribution in [3.63, 3.8) is 0 Å². The fourth-order valence-corrected chi connectivity index (χ4v) is 3.31. The van der Waals surface area contributed by atoms with Gasteiger partial charge in [0.05, 0.1) is 0 Å². The molecule has 0 spiro atoms. The molecule has 0 aliphatic heterocycles. The second-order valence-electron chi connectivity index (χ2n) is 5.93. The van der Waals surface area contributed by atoms with E-state index >= 15 is 0 Å². The summed E-state index contributed by atoms with van der Waals surface area (Å²) in [6, 6.07) is 1.22. The predicted octanol–water partition coefficient (Wildman–Crippen LogP) is 2.71. The molecular weight excluding hydrogens is 198 g/mol. The minimum absolute atomic E-state index is 0.369. The molecule has 0 aromatic carbocycles. The first-order chi connectivity index (χ1) is 7.79. The average molecular weight is 225 g/mol. The van der Waals surface area contributed by atoms with Crippen molar-refractivity contribution < 1.29 is 5.11 Å². The van der Waals surface area contributed by atoms with Gasteiger partial charge < -0.3 is 10.4 Å². The fourth-order valence-electron chi connectivity index (χ4n) is 3.31. The normalized spacial score (nSPS) is 33.4. The molecule has 0 radical (unpaired) electrons. The third kappa shape index (κ3) is 3.21. The van der Waals surface area contributed by atoms with Crippen molar-refractivity contribution in [2.24, 2.45) is 11.8 Å². The van der Waals surface area contributed by atoms with Gasteiger partial charge in [-0.3, -0.25) is 0 Å². The van der Waals surface area contributed by atoms with Crippen molar-refractivity contribution >= 4 is 0 Å². The molecule has 2 fully saturated rings. The lowest BCUT2D eigenvalue weighted by molar-refractivity contribution is 0.140. The largest absolute Gasteiger partial charge is 0.396 e. The van der Waals surface area contributed by atoms with Gasteiger partial charge in [-0.25, -0.2) is 0 Å². The Morgan fingerprint density at radius 3 is 2.50 bits per heavy atom. The molecular formula is C14H27NO. The summed E-state index contributed by atoms with van der Waals surface area (Å²) in [5, 5.41) is 13.1. The first-order valence-electron chi connectivity index (χ1n) is 7.16. The summed E-state index contributed by atoms with van der Waals surface area (Å²) < 4.78 is 0. The van der Waals surface area contributed by atoms with E-state index in [2.05, 4.69) is 12.2 Å². The summed E-state index contributed by atoms with van der Waals surface area (Å²) in [7, 11) is 0. The molecule has 2 aliphatic rings. The van der Waals surface area contributed by atoms with Gasteiger partial charge in [-0.15, -0.1) is 0 Å².